The van der Waals surface area contributed by atoms with E-state index >= 15 is 0 Å². The van der Waals surface area contributed by atoms with Gasteiger partial charge in [0, 0.05) is 20.6 Å². The van der Waals surface area contributed by atoms with Crippen molar-refractivity contribution in [1.82, 2.24) is 5.43 Å². The van der Waals surface area contributed by atoms with Crippen LogP contribution in [0.2, 0.25) is 0 Å². The standard InChI is InChI=1S/C23H20BrN3O3S/c1-30-20-10-4-17(5-11-20)22(28)15-31-21-12-8-19(9-13-21)26-23(29)27-25-14-16-2-6-18(24)7-3-16/h2-14H,15H2,1H3,(H2,26,27,29)/b25-14+. The van der Waals surface area contributed by atoms with E-state index in [1.807, 2.05) is 36.4 Å². The van der Waals surface area contributed by atoms with Crippen LogP contribution >= 0.6 is 27.7 Å². The van der Waals surface area contributed by atoms with Gasteiger partial charge in [-0.25, -0.2) is 10.2 Å². The zero-order valence-electron chi connectivity index (χ0n) is 16.7. The Balaban J connectivity index is 1.45. The first-order valence-corrected chi connectivity index (χ1v) is 11.1. The normalized spacial score (nSPS) is 10.6. The van der Waals surface area contributed by atoms with Crippen LogP contribution in [0.1, 0.15) is 15.9 Å². The number of methoxy groups -OCH3 is 1. The van der Waals surface area contributed by atoms with Gasteiger partial charge in [-0.15, -0.1) is 11.8 Å². The number of thioether (sulfide) groups is 1. The van der Waals surface area contributed by atoms with Crippen LogP contribution in [0.5, 0.6) is 5.75 Å². The Morgan fingerprint density at radius 2 is 1.68 bits per heavy atom. The second-order valence-electron chi connectivity index (χ2n) is 6.34. The highest BCUT2D eigenvalue weighted by molar-refractivity contribution is 9.10. The number of hydrazone groups is 1. The predicted octanol–water partition coefficient (Wildman–Crippen LogP) is 5.59. The second-order valence-corrected chi connectivity index (χ2v) is 8.30. The average Bonchev–Trinajstić information content (AvgIpc) is 2.80. The number of benzene rings is 3. The highest BCUT2D eigenvalue weighted by Crippen LogP contribution is 2.22. The van der Waals surface area contributed by atoms with Crippen LogP contribution in [0.3, 0.4) is 0 Å². The Kier molecular flexibility index (Phi) is 8.26. The number of halogens is 1. The number of ketones is 1. The van der Waals surface area contributed by atoms with E-state index in [-0.39, 0.29) is 5.78 Å². The first-order valence-electron chi connectivity index (χ1n) is 9.29. The minimum absolute atomic E-state index is 0.0397. The van der Waals surface area contributed by atoms with Crippen molar-refractivity contribution < 1.29 is 14.3 Å². The van der Waals surface area contributed by atoms with Gasteiger partial charge in [-0.1, -0.05) is 28.1 Å². The third kappa shape index (κ3) is 7.27. The number of hydrogen-bond acceptors (Lipinski definition) is 5. The highest BCUT2D eigenvalue weighted by atomic mass is 79.9. The number of hydrogen-bond donors (Lipinski definition) is 2. The SMILES string of the molecule is COc1ccc(C(=O)CSc2ccc(NC(=O)N/N=C/c3ccc(Br)cc3)cc2)cc1. The molecule has 2 N–H and O–H groups in total. The molecule has 0 saturated heterocycles. The van der Waals surface area contributed by atoms with Crippen LogP contribution < -0.4 is 15.5 Å². The van der Waals surface area contributed by atoms with E-state index in [1.54, 1.807) is 49.7 Å². The lowest BCUT2D eigenvalue weighted by molar-refractivity contribution is 0.102. The summed E-state index contributed by atoms with van der Waals surface area (Å²) in [5.41, 5.74) is 4.57. The molecule has 3 aromatic carbocycles. The first-order chi connectivity index (χ1) is 15.0. The van der Waals surface area contributed by atoms with Gasteiger partial charge >= 0.3 is 6.03 Å². The quantitative estimate of drug-likeness (QED) is 0.184. The van der Waals surface area contributed by atoms with Crippen molar-refractivity contribution in [2.75, 3.05) is 18.2 Å². The fraction of sp³-hybridized carbons (Fsp3) is 0.0870. The summed E-state index contributed by atoms with van der Waals surface area (Å²) >= 11 is 4.80. The summed E-state index contributed by atoms with van der Waals surface area (Å²) in [6.45, 7) is 0. The minimum atomic E-state index is -0.441. The molecule has 0 aromatic heterocycles. The molecule has 31 heavy (non-hydrogen) atoms. The third-order valence-corrected chi connectivity index (χ3v) is 5.68. The van der Waals surface area contributed by atoms with Crippen LogP contribution in [0.15, 0.2) is 87.3 Å². The molecular formula is C23H20BrN3O3S. The molecule has 0 heterocycles. The van der Waals surface area contributed by atoms with Gasteiger partial charge in [0.05, 0.1) is 19.1 Å². The molecule has 0 aliphatic heterocycles. The van der Waals surface area contributed by atoms with Gasteiger partial charge in [-0.05, 0) is 66.2 Å². The molecule has 0 aliphatic rings. The molecule has 0 saturated carbocycles. The fourth-order valence-corrected chi connectivity index (χ4v) is 3.57. The molecule has 6 nitrogen and oxygen atoms in total. The minimum Gasteiger partial charge on any atom is -0.497 e. The van der Waals surface area contributed by atoms with Crippen LogP contribution in [0.4, 0.5) is 10.5 Å². The molecule has 0 radical (unpaired) electrons. The van der Waals surface area contributed by atoms with Crippen molar-refractivity contribution in [3.05, 3.63) is 88.4 Å². The van der Waals surface area contributed by atoms with Crippen molar-refractivity contribution in [2.45, 2.75) is 4.90 Å². The third-order valence-electron chi connectivity index (χ3n) is 4.14. The molecule has 0 atom stereocenters. The monoisotopic (exact) mass is 497 g/mol. The van der Waals surface area contributed by atoms with Crippen LogP contribution in [0.25, 0.3) is 0 Å². The molecule has 0 unspecified atom stereocenters. The van der Waals surface area contributed by atoms with E-state index in [0.717, 1.165) is 20.7 Å². The lowest BCUT2D eigenvalue weighted by Crippen LogP contribution is -2.24. The van der Waals surface area contributed by atoms with Gasteiger partial charge in [0.15, 0.2) is 5.78 Å². The smallest absolute Gasteiger partial charge is 0.339 e. The number of carbonyl (C=O) groups excluding carboxylic acids is 2. The number of ether oxygens (including phenoxy) is 1. The number of urea groups is 1. The first kappa shape index (κ1) is 22.6. The molecule has 0 bridgehead atoms. The summed E-state index contributed by atoms with van der Waals surface area (Å²) in [5, 5.41) is 6.63. The fourth-order valence-electron chi connectivity index (χ4n) is 2.52. The van der Waals surface area contributed by atoms with E-state index in [4.69, 9.17) is 4.74 Å². The topological polar surface area (TPSA) is 79.8 Å². The van der Waals surface area contributed by atoms with Crippen molar-refractivity contribution in [2.24, 2.45) is 5.10 Å². The van der Waals surface area contributed by atoms with Gasteiger partial charge < -0.3 is 10.1 Å². The number of nitrogens with zero attached hydrogens (tertiary/aromatic N) is 1. The second kappa shape index (κ2) is 11.3. The highest BCUT2D eigenvalue weighted by Gasteiger charge is 2.07. The molecule has 158 valence electrons. The Bertz CT molecular complexity index is 1050. The van der Waals surface area contributed by atoms with Crippen LogP contribution in [0, 0.1) is 0 Å². The maximum absolute atomic E-state index is 12.3. The summed E-state index contributed by atoms with van der Waals surface area (Å²) < 4.78 is 6.08. The number of nitrogens with one attached hydrogen (secondary N) is 2. The Morgan fingerprint density at radius 1 is 1.00 bits per heavy atom. The van der Waals surface area contributed by atoms with Gasteiger partial charge in [0.1, 0.15) is 5.75 Å². The van der Waals surface area contributed by atoms with E-state index in [9.17, 15) is 9.59 Å². The van der Waals surface area contributed by atoms with Crippen molar-refractivity contribution in [3.8, 4) is 5.75 Å². The number of Topliss-reactive ketones (excluding diaryl/α,β-unsaturated/α-hetero) is 1. The van der Waals surface area contributed by atoms with Crippen LogP contribution in [-0.2, 0) is 0 Å². The number of rotatable bonds is 8. The van der Waals surface area contributed by atoms with Crippen molar-refractivity contribution in [3.63, 3.8) is 0 Å². The number of carbonyl (C=O) groups is 2. The largest absolute Gasteiger partial charge is 0.497 e. The summed E-state index contributed by atoms with van der Waals surface area (Å²) in [6, 6.07) is 21.4. The zero-order chi connectivity index (χ0) is 22.1. The maximum Gasteiger partial charge on any atom is 0.339 e. The molecule has 8 heteroatoms. The van der Waals surface area contributed by atoms with Gasteiger partial charge in [-0.2, -0.15) is 5.10 Å². The summed E-state index contributed by atoms with van der Waals surface area (Å²) in [7, 11) is 1.59. The molecule has 3 aromatic rings. The van der Waals surface area contributed by atoms with Gasteiger partial charge in [0.25, 0.3) is 0 Å². The maximum atomic E-state index is 12.3. The Morgan fingerprint density at radius 3 is 2.32 bits per heavy atom. The number of amides is 2. The molecule has 0 spiro atoms. The molecule has 2 amide bonds. The summed E-state index contributed by atoms with van der Waals surface area (Å²) in [4.78, 5) is 25.2. The van der Waals surface area contributed by atoms with Crippen molar-refractivity contribution in [1.29, 1.82) is 0 Å². The zero-order valence-corrected chi connectivity index (χ0v) is 19.1. The van der Waals surface area contributed by atoms with E-state index in [2.05, 4.69) is 31.8 Å². The lowest BCUT2D eigenvalue weighted by Gasteiger charge is -2.06. The van der Waals surface area contributed by atoms with Gasteiger partial charge in [-0.3, -0.25) is 4.79 Å². The molecule has 3 rings (SSSR count). The Labute approximate surface area is 193 Å². The van der Waals surface area contributed by atoms with E-state index in [0.29, 0.717) is 17.0 Å². The summed E-state index contributed by atoms with van der Waals surface area (Å²) in [6.07, 6.45) is 1.56. The Hall–Kier alpha value is -3.10. The van der Waals surface area contributed by atoms with Crippen LogP contribution in [-0.4, -0.2) is 30.9 Å². The average molecular weight is 498 g/mol. The van der Waals surface area contributed by atoms with Crippen molar-refractivity contribution >= 4 is 51.4 Å². The predicted molar refractivity (Wildman–Crippen MR) is 128 cm³/mol. The lowest BCUT2D eigenvalue weighted by atomic mass is 10.1. The molecule has 0 aliphatic carbocycles. The number of anilines is 1. The molecular weight excluding hydrogens is 478 g/mol. The summed E-state index contributed by atoms with van der Waals surface area (Å²) in [5.74, 6) is 1.08. The molecule has 0 fully saturated rings. The van der Waals surface area contributed by atoms with E-state index < -0.39 is 6.03 Å². The van der Waals surface area contributed by atoms with Gasteiger partial charge in [0.2, 0.25) is 0 Å². The van der Waals surface area contributed by atoms with E-state index in [1.165, 1.54) is 11.8 Å².